The van der Waals surface area contributed by atoms with Gasteiger partial charge >= 0.3 is 0 Å². The molecule has 0 saturated carbocycles. The third-order valence-electron chi connectivity index (χ3n) is 3.49. The Morgan fingerprint density at radius 3 is 2.60 bits per heavy atom. The molecular weight excluding hydrogens is 257 g/mol. The van der Waals surface area contributed by atoms with Gasteiger partial charge in [0, 0.05) is 6.20 Å². The lowest BCUT2D eigenvalue weighted by molar-refractivity contribution is 0.00698. The predicted molar refractivity (Wildman–Crippen MR) is 71.5 cm³/mol. The number of hydrogen-bond donors (Lipinski definition) is 1. The van der Waals surface area contributed by atoms with Crippen LogP contribution in [-0.2, 0) is 5.60 Å². The molecule has 20 heavy (non-hydrogen) atoms. The van der Waals surface area contributed by atoms with Gasteiger partial charge in [-0.15, -0.1) is 0 Å². The van der Waals surface area contributed by atoms with Gasteiger partial charge in [-0.1, -0.05) is 12.1 Å². The van der Waals surface area contributed by atoms with Gasteiger partial charge in [0.2, 0.25) is 0 Å². The molecule has 1 aromatic carbocycles. The van der Waals surface area contributed by atoms with E-state index in [0.29, 0.717) is 30.0 Å². The summed E-state index contributed by atoms with van der Waals surface area (Å²) >= 11 is 0. The number of halogens is 1. The lowest BCUT2D eigenvalue weighted by Crippen LogP contribution is -2.60. The zero-order chi connectivity index (χ0) is 14.2. The van der Waals surface area contributed by atoms with Gasteiger partial charge in [-0.3, -0.25) is 0 Å². The molecule has 100 valence electrons. The van der Waals surface area contributed by atoms with Crippen molar-refractivity contribution in [3.8, 4) is 6.07 Å². The summed E-state index contributed by atoms with van der Waals surface area (Å²) in [4.78, 5) is 6.01. The summed E-state index contributed by atoms with van der Waals surface area (Å²) < 4.78 is 12.9. The maximum absolute atomic E-state index is 12.9. The molecule has 0 aliphatic carbocycles. The molecule has 2 aromatic rings. The first-order chi connectivity index (χ1) is 9.62. The Labute approximate surface area is 115 Å². The van der Waals surface area contributed by atoms with Crippen molar-refractivity contribution in [2.45, 2.75) is 5.60 Å². The largest absolute Gasteiger partial charge is 0.381 e. The summed E-state index contributed by atoms with van der Waals surface area (Å²) in [5, 5.41) is 19.5. The number of anilines is 1. The molecular formula is C15H12FN3O. The van der Waals surface area contributed by atoms with E-state index < -0.39 is 5.60 Å². The standard InChI is InChI=1S/C15H12FN3O/c16-13-5-3-12(4-6-13)15(20)9-19(10-15)14-11(8-17)2-1-7-18-14/h1-7,20H,9-10H2. The van der Waals surface area contributed by atoms with Gasteiger partial charge in [-0.05, 0) is 29.8 Å². The minimum atomic E-state index is -1.02. The summed E-state index contributed by atoms with van der Waals surface area (Å²) in [6.45, 7) is 0.675. The van der Waals surface area contributed by atoms with Crippen LogP contribution < -0.4 is 4.90 Å². The summed E-state index contributed by atoms with van der Waals surface area (Å²) in [7, 11) is 0. The van der Waals surface area contributed by atoms with Gasteiger partial charge in [0.15, 0.2) is 0 Å². The Morgan fingerprint density at radius 2 is 1.95 bits per heavy atom. The van der Waals surface area contributed by atoms with Gasteiger partial charge in [0.25, 0.3) is 0 Å². The Hall–Kier alpha value is -2.45. The molecule has 3 rings (SSSR count). The fraction of sp³-hybridized carbons (Fsp3) is 0.200. The van der Waals surface area contributed by atoms with E-state index in [4.69, 9.17) is 5.26 Å². The Kier molecular flexibility index (Phi) is 2.88. The van der Waals surface area contributed by atoms with Crippen LogP contribution in [0.3, 0.4) is 0 Å². The van der Waals surface area contributed by atoms with E-state index in [1.165, 1.54) is 12.1 Å². The van der Waals surface area contributed by atoms with E-state index in [-0.39, 0.29) is 5.82 Å². The van der Waals surface area contributed by atoms with Gasteiger partial charge in [-0.25, -0.2) is 9.37 Å². The van der Waals surface area contributed by atoms with Crippen molar-refractivity contribution in [3.63, 3.8) is 0 Å². The van der Waals surface area contributed by atoms with Crippen LogP contribution in [0.1, 0.15) is 11.1 Å². The van der Waals surface area contributed by atoms with Gasteiger partial charge in [0.05, 0.1) is 18.7 Å². The molecule has 2 heterocycles. The van der Waals surface area contributed by atoms with Crippen LogP contribution in [0, 0.1) is 17.1 Å². The lowest BCUT2D eigenvalue weighted by Gasteiger charge is -2.47. The van der Waals surface area contributed by atoms with Crippen LogP contribution in [0.25, 0.3) is 0 Å². The molecule has 0 amide bonds. The molecule has 5 heteroatoms. The second-order valence-corrected chi connectivity index (χ2v) is 4.88. The molecule has 0 unspecified atom stereocenters. The predicted octanol–water partition coefficient (Wildman–Crippen LogP) is 1.80. The number of aliphatic hydroxyl groups is 1. The van der Waals surface area contributed by atoms with Gasteiger partial charge in [-0.2, -0.15) is 5.26 Å². The summed E-state index contributed by atoms with van der Waals surface area (Å²) in [6, 6.07) is 11.3. The number of benzene rings is 1. The summed E-state index contributed by atoms with van der Waals surface area (Å²) in [5.41, 5.74) is 0.135. The van der Waals surface area contributed by atoms with Gasteiger partial charge < -0.3 is 10.0 Å². The van der Waals surface area contributed by atoms with Crippen LogP contribution in [-0.4, -0.2) is 23.2 Å². The quantitative estimate of drug-likeness (QED) is 0.903. The molecule has 0 bridgehead atoms. The Morgan fingerprint density at radius 1 is 1.25 bits per heavy atom. The number of nitriles is 1. The lowest BCUT2D eigenvalue weighted by atomic mass is 9.86. The molecule has 1 aromatic heterocycles. The molecule has 0 atom stereocenters. The zero-order valence-corrected chi connectivity index (χ0v) is 10.6. The highest BCUT2D eigenvalue weighted by Gasteiger charge is 2.43. The second-order valence-electron chi connectivity index (χ2n) is 4.88. The van der Waals surface area contributed by atoms with Gasteiger partial charge in [0.1, 0.15) is 23.3 Å². The highest BCUT2D eigenvalue weighted by molar-refractivity contribution is 5.57. The number of β-amino-alcohol motifs (C(OH)–C–C–N with tert-alkyl or cyclic N) is 1. The fourth-order valence-electron chi connectivity index (χ4n) is 2.41. The second kappa shape index (κ2) is 4.58. The van der Waals surface area contributed by atoms with E-state index in [1.807, 2.05) is 4.90 Å². The molecule has 1 aliphatic rings. The number of nitrogens with zero attached hydrogens (tertiary/aromatic N) is 3. The number of hydrogen-bond acceptors (Lipinski definition) is 4. The fourth-order valence-corrected chi connectivity index (χ4v) is 2.41. The molecule has 1 saturated heterocycles. The normalized spacial score (nSPS) is 16.4. The molecule has 4 nitrogen and oxygen atoms in total. The average molecular weight is 269 g/mol. The molecule has 0 radical (unpaired) electrons. The monoisotopic (exact) mass is 269 g/mol. The van der Waals surface area contributed by atoms with Crippen LogP contribution in [0.5, 0.6) is 0 Å². The van der Waals surface area contributed by atoms with Crippen molar-refractivity contribution < 1.29 is 9.50 Å². The first-order valence-electron chi connectivity index (χ1n) is 6.21. The van der Waals surface area contributed by atoms with Crippen LogP contribution in [0.4, 0.5) is 10.2 Å². The van der Waals surface area contributed by atoms with Crippen molar-refractivity contribution in [2.75, 3.05) is 18.0 Å². The van der Waals surface area contributed by atoms with Crippen molar-refractivity contribution in [2.24, 2.45) is 0 Å². The number of rotatable bonds is 2. The van der Waals surface area contributed by atoms with E-state index in [0.717, 1.165) is 0 Å². The first kappa shape index (κ1) is 12.6. The van der Waals surface area contributed by atoms with E-state index in [1.54, 1.807) is 30.5 Å². The van der Waals surface area contributed by atoms with Crippen molar-refractivity contribution in [1.29, 1.82) is 5.26 Å². The summed E-state index contributed by atoms with van der Waals surface area (Å²) in [5.74, 6) is 0.242. The number of aromatic nitrogens is 1. The third-order valence-corrected chi connectivity index (χ3v) is 3.49. The van der Waals surface area contributed by atoms with Crippen molar-refractivity contribution in [1.82, 2.24) is 4.98 Å². The first-order valence-corrected chi connectivity index (χ1v) is 6.21. The molecule has 0 spiro atoms. The highest BCUT2D eigenvalue weighted by Crippen LogP contribution is 2.35. The van der Waals surface area contributed by atoms with Crippen LogP contribution in [0.15, 0.2) is 42.6 Å². The topological polar surface area (TPSA) is 60.2 Å². The highest BCUT2D eigenvalue weighted by atomic mass is 19.1. The van der Waals surface area contributed by atoms with Crippen LogP contribution in [0.2, 0.25) is 0 Å². The van der Waals surface area contributed by atoms with Crippen LogP contribution >= 0.6 is 0 Å². The summed E-state index contributed by atoms with van der Waals surface area (Å²) in [6.07, 6.45) is 1.62. The molecule has 1 aliphatic heterocycles. The van der Waals surface area contributed by atoms with Crippen molar-refractivity contribution in [3.05, 3.63) is 59.5 Å². The Balaban J connectivity index is 1.81. The SMILES string of the molecule is N#Cc1cccnc1N1CC(O)(c2ccc(F)cc2)C1. The molecule has 1 N–H and O–H groups in total. The minimum absolute atomic E-state index is 0.329. The van der Waals surface area contributed by atoms with E-state index >= 15 is 0 Å². The Bertz CT molecular complexity index is 672. The maximum atomic E-state index is 12.9. The van der Waals surface area contributed by atoms with E-state index in [9.17, 15) is 9.50 Å². The molecule has 1 fully saturated rings. The maximum Gasteiger partial charge on any atom is 0.146 e. The zero-order valence-electron chi connectivity index (χ0n) is 10.6. The van der Waals surface area contributed by atoms with Crippen molar-refractivity contribution >= 4 is 5.82 Å². The van der Waals surface area contributed by atoms with E-state index in [2.05, 4.69) is 11.1 Å². The smallest absolute Gasteiger partial charge is 0.146 e. The third kappa shape index (κ3) is 2.00. The number of pyridine rings is 1. The minimum Gasteiger partial charge on any atom is -0.381 e. The average Bonchev–Trinajstić information content (AvgIpc) is 2.44.